The number of amides is 1. The highest BCUT2D eigenvalue weighted by atomic mass is 16.6. The van der Waals surface area contributed by atoms with Gasteiger partial charge in [0.2, 0.25) is 0 Å². The molecule has 1 aliphatic heterocycles. The predicted octanol–water partition coefficient (Wildman–Crippen LogP) is 0.797. The van der Waals surface area contributed by atoms with E-state index in [-0.39, 0.29) is 18.0 Å². The number of phenols is 1. The Labute approximate surface area is 92.8 Å². The number of carbonyl (C=O) groups excluding carboxylic acids is 1. The van der Waals surface area contributed by atoms with Gasteiger partial charge < -0.3 is 20.3 Å². The Bertz CT molecular complexity index is 372. The van der Waals surface area contributed by atoms with Crippen molar-refractivity contribution in [1.82, 2.24) is 0 Å². The second-order valence-corrected chi connectivity index (χ2v) is 3.72. The van der Waals surface area contributed by atoms with Gasteiger partial charge in [-0.15, -0.1) is 0 Å². The summed E-state index contributed by atoms with van der Waals surface area (Å²) in [6, 6.07) is 6.72. The Morgan fingerprint density at radius 3 is 2.69 bits per heavy atom. The Kier molecular flexibility index (Phi) is 2.96. The first kappa shape index (κ1) is 10.8. The molecule has 5 nitrogen and oxygen atoms in total. The molecule has 0 radical (unpaired) electrons. The topological polar surface area (TPSA) is 85.1 Å². The van der Waals surface area contributed by atoms with Crippen molar-refractivity contribution >= 4 is 6.09 Å². The van der Waals surface area contributed by atoms with Gasteiger partial charge in [-0.25, -0.2) is 4.79 Å². The number of primary amides is 1. The van der Waals surface area contributed by atoms with E-state index in [2.05, 4.69) is 0 Å². The van der Waals surface area contributed by atoms with Crippen LogP contribution in [0.15, 0.2) is 24.3 Å². The Balaban J connectivity index is 1.99. The standard InChI is InChI=1S/C11H13NO4/c12-11(14)16-9(10-6-15-10)5-7-1-3-8(13)4-2-7/h1-4,9-10,13H,5-6H2,(H2,12,14). The molecule has 0 aliphatic carbocycles. The van der Waals surface area contributed by atoms with Crippen molar-refractivity contribution in [3.05, 3.63) is 29.8 Å². The van der Waals surface area contributed by atoms with Gasteiger partial charge in [0.25, 0.3) is 0 Å². The maximum Gasteiger partial charge on any atom is 0.404 e. The van der Waals surface area contributed by atoms with Crippen LogP contribution >= 0.6 is 0 Å². The third-order valence-corrected chi connectivity index (χ3v) is 2.41. The van der Waals surface area contributed by atoms with E-state index in [9.17, 15) is 4.79 Å². The first-order valence-electron chi connectivity index (χ1n) is 5.01. The molecule has 2 unspecified atom stereocenters. The minimum absolute atomic E-state index is 0.0543. The lowest BCUT2D eigenvalue weighted by Crippen LogP contribution is -2.29. The van der Waals surface area contributed by atoms with E-state index in [1.807, 2.05) is 0 Å². The summed E-state index contributed by atoms with van der Waals surface area (Å²) in [6.07, 6.45) is -0.656. The lowest BCUT2D eigenvalue weighted by molar-refractivity contribution is 0.0868. The van der Waals surface area contributed by atoms with E-state index in [0.29, 0.717) is 13.0 Å². The highest BCUT2D eigenvalue weighted by Gasteiger charge is 2.35. The molecule has 1 fully saturated rings. The third kappa shape index (κ3) is 2.87. The van der Waals surface area contributed by atoms with E-state index in [1.165, 1.54) is 0 Å². The summed E-state index contributed by atoms with van der Waals surface area (Å²) in [5.74, 6) is 0.207. The van der Waals surface area contributed by atoms with Gasteiger partial charge in [-0.1, -0.05) is 12.1 Å². The van der Waals surface area contributed by atoms with Crippen LogP contribution in [0, 0.1) is 0 Å². The van der Waals surface area contributed by atoms with Crippen LogP contribution in [0.2, 0.25) is 0 Å². The van der Waals surface area contributed by atoms with Crippen LogP contribution in [0.5, 0.6) is 5.75 Å². The number of phenolic OH excluding ortho intramolecular Hbond substituents is 1. The summed E-state index contributed by atoms with van der Waals surface area (Å²) in [5, 5.41) is 9.13. The van der Waals surface area contributed by atoms with E-state index < -0.39 is 6.09 Å². The van der Waals surface area contributed by atoms with E-state index in [0.717, 1.165) is 5.56 Å². The third-order valence-electron chi connectivity index (χ3n) is 2.41. The van der Waals surface area contributed by atoms with Gasteiger partial charge >= 0.3 is 6.09 Å². The molecular weight excluding hydrogens is 210 g/mol. The first-order chi connectivity index (χ1) is 7.65. The summed E-state index contributed by atoms with van der Waals surface area (Å²) < 4.78 is 10.0. The van der Waals surface area contributed by atoms with Crippen molar-refractivity contribution in [2.75, 3.05) is 6.61 Å². The zero-order valence-corrected chi connectivity index (χ0v) is 8.63. The van der Waals surface area contributed by atoms with Crippen LogP contribution in [0.1, 0.15) is 5.56 Å². The number of nitrogens with two attached hydrogens (primary N) is 1. The van der Waals surface area contributed by atoms with Gasteiger partial charge in [-0.05, 0) is 17.7 Å². The molecule has 0 aromatic heterocycles. The van der Waals surface area contributed by atoms with Crippen molar-refractivity contribution in [2.45, 2.75) is 18.6 Å². The first-order valence-corrected chi connectivity index (χ1v) is 5.01. The molecule has 0 spiro atoms. The van der Waals surface area contributed by atoms with Crippen molar-refractivity contribution in [1.29, 1.82) is 0 Å². The van der Waals surface area contributed by atoms with E-state index in [4.69, 9.17) is 20.3 Å². The molecule has 2 rings (SSSR count). The number of hydrogen-bond donors (Lipinski definition) is 2. The van der Waals surface area contributed by atoms with Crippen molar-refractivity contribution < 1.29 is 19.4 Å². The Morgan fingerprint density at radius 2 is 2.19 bits per heavy atom. The van der Waals surface area contributed by atoms with Gasteiger partial charge in [0, 0.05) is 6.42 Å². The quantitative estimate of drug-likeness (QED) is 0.739. The Morgan fingerprint density at radius 1 is 1.56 bits per heavy atom. The summed E-state index contributed by atoms with van der Waals surface area (Å²) in [6.45, 7) is 0.593. The van der Waals surface area contributed by atoms with Crippen LogP contribution in [-0.2, 0) is 15.9 Å². The number of benzene rings is 1. The maximum atomic E-state index is 10.7. The summed E-state index contributed by atoms with van der Waals surface area (Å²) in [5.41, 5.74) is 5.94. The summed E-state index contributed by atoms with van der Waals surface area (Å²) in [7, 11) is 0. The van der Waals surface area contributed by atoms with Crippen LogP contribution in [-0.4, -0.2) is 30.0 Å². The summed E-state index contributed by atoms with van der Waals surface area (Å²) in [4.78, 5) is 10.7. The number of carbonyl (C=O) groups is 1. The van der Waals surface area contributed by atoms with Crippen LogP contribution in [0.4, 0.5) is 4.79 Å². The monoisotopic (exact) mass is 223 g/mol. The zero-order valence-electron chi connectivity index (χ0n) is 8.63. The molecule has 1 amide bonds. The predicted molar refractivity (Wildman–Crippen MR) is 56.0 cm³/mol. The smallest absolute Gasteiger partial charge is 0.404 e. The second kappa shape index (κ2) is 4.40. The molecule has 86 valence electrons. The molecule has 1 aliphatic rings. The molecule has 2 atom stereocenters. The molecule has 1 aromatic rings. The van der Waals surface area contributed by atoms with Gasteiger partial charge in [0.05, 0.1) is 6.61 Å². The molecule has 1 heterocycles. The average Bonchev–Trinajstić information content (AvgIpc) is 3.03. The highest BCUT2D eigenvalue weighted by molar-refractivity contribution is 5.65. The van der Waals surface area contributed by atoms with Gasteiger partial charge in [-0.2, -0.15) is 0 Å². The molecule has 0 bridgehead atoms. The largest absolute Gasteiger partial charge is 0.508 e. The molecule has 5 heteroatoms. The lowest BCUT2D eigenvalue weighted by Gasteiger charge is -2.14. The van der Waals surface area contributed by atoms with E-state index in [1.54, 1.807) is 24.3 Å². The van der Waals surface area contributed by atoms with Crippen LogP contribution < -0.4 is 5.73 Å². The van der Waals surface area contributed by atoms with Gasteiger partial charge in [0.1, 0.15) is 18.0 Å². The molecule has 3 N–H and O–H groups in total. The minimum atomic E-state index is -0.792. The molecule has 1 aromatic carbocycles. The normalized spacial score (nSPS) is 20.1. The van der Waals surface area contributed by atoms with E-state index >= 15 is 0 Å². The fourth-order valence-corrected chi connectivity index (χ4v) is 1.53. The average molecular weight is 223 g/mol. The number of epoxide rings is 1. The fraction of sp³-hybridized carbons (Fsp3) is 0.364. The summed E-state index contributed by atoms with van der Waals surface area (Å²) >= 11 is 0. The van der Waals surface area contributed by atoms with Crippen LogP contribution in [0.3, 0.4) is 0 Å². The molecule has 16 heavy (non-hydrogen) atoms. The lowest BCUT2D eigenvalue weighted by atomic mass is 10.1. The van der Waals surface area contributed by atoms with Gasteiger partial charge in [-0.3, -0.25) is 0 Å². The SMILES string of the molecule is NC(=O)OC(Cc1ccc(O)cc1)C1CO1. The second-order valence-electron chi connectivity index (χ2n) is 3.72. The van der Waals surface area contributed by atoms with Crippen molar-refractivity contribution in [3.63, 3.8) is 0 Å². The number of aromatic hydroxyl groups is 1. The Hall–Kier alpha value is -1.75. The van der Waals surface area contributed by atoms with Crippen molar-refractivity contribution in [2.24, 2.45) is 5.73 Å². The fourth-order valence-electron chi connectivity index (χ4n) is 1.53. The molecule has 0 saturated carbocycles. The van der Waals surface area contributed by atoms with Gasteiger partial charge in [0.15, 0.2) is 0 Å². The zero-order chi connectivity index (χ0) is 11.5. The minimum Gasteiger partial charge on any atom is -0.508 e. The van der Waals surface area contributed by atoms with Crippen LogP contribution in [0.25, 0.3) is 0 Å². The van der Waals surface area contributed by atoms with Crippen molar-refractivity contribution in [3.8, 4) is 5.75 Å². The molecular formula is C11H13NO4. The highest BCUT2D eigenvalue weighted by Crippen LogP contribution is 2.21. The maximum absolute atomic E-state index is 10.7. The molecule has 1 saturated heterocycles. The number of hydrogen-bond acceptors (Lipinski definition) is 4. The number of ether oxygens (including phenoxy) is 2. The number of rotatable bonds is 4.